The van der Waals surface area contributed by atoms with Crippen LogP contribution in [0.1, 0.15) is 26.2 Å². The van der Waals surface area contributed by atoms with Crippen LogP contribution in [0.5, 0.6) is 0 Å². The van der Waals surface area contributed by atoms with Crippen molar-refractivity contribution in [3.63, 3.8) is 0 Å². The fourth-order valence-electron chi connectivity index (χ4n) is 1.95. The Kier molecular flexibility index (Phi) is 3.13. The van der Waals surface area contributed by atoms with E-state index in [9.17, 15) is 8.42 Å². The van der Waals surface area contributed by atoms with Crippen LogP contribution in [0.25, 0.3) is 0 Å². The van der Waals surface area contributed by atoms with Crippen LogP contribution in [-0.4, -0.2) is 25.3 Å². The lowest BCUT2D eigenvalue weighted by molar-refractivity contribution is 0.269. The molecular weight excluding hydrogens is 230 g/mol. The van der Waals surface area contributed by atoms with Gasteiger partial charge in [0.05, 0.1) is 0 Å². The van der Waals surface area contributed by atoms with Gasteiger partial charge in [-0.2, -0.15) is 4.31 Å². The number of hydrogen-bond donors (Lipinski definition) is 0. The van der Waals surface area contributed by atoms with Crippen LogP contribution in [0.15, 0.2) is 21.7 Å². The fraction of sp³-hybridized carbons (Fsp3) is 0.600. The lowest BCUT2D eigenvalue weighted by Crippen LogP contribution is -2.41. The third kappa shape index (κ3) is 2.09. The topological polar surface area (TPSA) is 37.4 Å². The van der Waals surface area contributed by atoms with Crippen molar-refractivity contribution in [2.24, 2.45) is 0 Å². The Bertz CT molecular complexity index is 411. The van der Waals surface area contributed by atoms with E-state index in [1.165, 1.54) is 11.3 Å². The monoisotopic (exact) mass is 245 g/mol. The van der Waals surface area contributed by atoms with E-state index in [0.29, 0.717) is 10.8 Å². The van der Waals surface area contributed by atoms with E-state index in [2.05, 4.69) is 0 Å². The van der Waals surface area contributed by atoms with Gasteiger partial charge in [0, 0.05) is 12.6 Å². The van der Waals surface area contributed by atoms with Crippen molar-refractivity contribution >= 4 is 21.4 Å². The van der Waals surface area contributed by atoms with E-state index in [1.807, 2.05) is 12.3 Å². The maximum absolute atomic E-state index is 12.2. The molecule has 0 bridgehead atoms. The minimum atomic E-state index is -3.22. The molecule has 1 fully saturated rings. The van der Waals surface area contributed by atoms with Crippen LogP contribution in [0.4, 0.5) is 0 Å². The molecule has 0 spiro atoms. The minimum Gasteiger partial charge on any atom is -0.206 e. The summed E-state index contributed by atoms with van der Waals surface area (Å²) in [6.45, 7) is 2.66. The summed E-state index contributed by atoms with van der Waals surface area (Å²) in [5.41, 5.74) is 0. The molecule has 0 aromatic carbocycles. The van der Waals surface area contributed by atoms with Gasteiger partial charge >= 0.3 is 0 Å². The van der Waals surface area contributed by atoms with E-state index < -0.39 is 10.0 Å². The Hall–Kier alpha value is -0.390. The molecule has 1 aliphatic rings. The van der Waals surface area contributed by atoms with Crippen LogP contribution in [-0.2, 0) is 10.0 Å². The quantitative estimate of drug-likeness (QED) is 0.802. The van der Waals surface area contributed by atoms with Crippen molar-refractivity contribution in [2.75, 3.05) is 6.54 Å². The summed E-state index contributed by atoms with van der Waals surface area (Å²) >= 11 is 1.30. The Labute approximate surface area is 94.8 Å². The molecule has 0 amide bonds. The summed E-state index contributed by atoms with van der Waals surface area (Å²) < 4.78 is 26.5. The smallest absolute Gasteiger partial charge is 0.206 e. The second-order valence-corrected chi connectivity index (χ2v) is 6.96. The summed E-state index contributed by atoms with van der Waals surface area (Å²) in [5, 5.41) is 1.81. The molecule has 0 N–H and O–H groups in total. The van der Waals surface area contributed by atoms with Gasteiger partial charge in [-0.15, -0.1) is 11.3 Å². The van der Waals surface area contributed by atoms with Gasteiger partial charge in [-0.1, -0.05) is 12.5 Å². The molecule has 0 aliphatic carbocycles. The SMILES string of the molecule is C[C@@H]1CCCCN1S(=O)(=O)c1cccs1. The van der Waals surface area contributed by atoms with Gasteiger partial charge in [0.15, 0.2) is 0 Å². The first-order chi connectivity index (χ1) is 7.12. The lowest BCUT2D eigenvalue weighted by atomic mass is 10.1. The number of piperidine rings is 1. The Morgan fingerprint density at radius 3 is 2.87 bits per heavy atom. The number of nitrogens with zero attached hydrogens (tertiary/aromatic N) is 1. The average molecular weight is 245 g/mol. The minimum absolute atomic E-state index is 0.144. The highest BCUT2D eigenvalue weighted by Gasteiger charge is 2.31. The van der Waals surface area contributed by atoms with Crippen molar-refractivity contribution in [3.8, 4) is 0 Å². The van der Waals surface area contributed by atoms with Gasteiger partial charge in [-0.05, 0) is 31.2 Å². The summed E-state index contributed by atoms with van der Waals surface area (Å²) in [5.74, 6) is 0. The van der Waals surface area contributed by atoms with Gasteiger partial charge < -0.3 is 0 Å². The first kappa shape index (κ1) is 11.1. The van der Waals surface area contributed by atoms with Crippen LogP contribution < -0.4 is 0 Å². The van der Waals surface area contributed by atoms with Crippen LogP contribution in [0, 0.1) is 0 Å². The van der Waals surface area contributed by atoms with Gasteiger partial charge in [0.1, 0.15) is 4.21 Å². The van der Waals surface area contributed by atoms with E-state index >= 15 is 0 Å². The summed E-state index contributed by atoms with van der Waals surface area (Å²) in [4.78, 5) is 0. The molecular formula is C10H15NO2S2. The zero-order valence-corrected chi connectivity index (χ0v) is 10.4. The van der Waals surface area contributed by atoms with Crippen molar-refractivity contribution in [1.29, 1.82) is 0 Å². The molecule has 84 valence electrons. The Morgan fingerprint density at radius 2 is 2.27 bits per heavy atom. The largest absolute Gasteiger partial charge is 0.252 e. The maximum atomic E-state index is 12.2. The molecule has 2 rings (SSSR count). The zero-order valence-electron chi connectivity index (χ0n) is 8.72. The zero-order chi connectivity index (χ0) is 10.9. The molecule has 5 heteroatoms. The molecule has 0 unspecified atom stereocenters. The molecule has 0 saturated carbocycles. The number of rotatable bonds is 2. The summed E-state index contributed by atoms with van der Waals surface area (Å²) in [7, 11) is -3.22. The normalized spacial score (nSPS) is 24.2. The molecule has 3 nitrogen and oxygen atoms in total. The molecule has 0 radical (unpaired) electrons. The maximum Gasteiger partial charge on any atom is 0.252 e. The van der Waals surface area contributed by atoms with Crippen molar-refractivity contribution < 1.29 is 8.42 Å². The first-order valence-corrected chi connectivity index (χ1v) is 7.49. The highest BCUT2D eigenvalue weighted by molar-refractivity contribution is 7.91. The third-order valence-electron chi connectivity index (χ3n) is 2.80. The fourth-order valence-corrected chi connectivity index (χ4v) is 4.77. The molecule has 1 aromatic rings. The first-order valence-electron chi connectivity index (χ1n) is 5.18. The van der Waals surface area contributed by atoms with Crippen LogP contribution in [0.3, 0.4) is 0 Å². The highest BCUT2D eigenvalue weighted by Crippen LogP contribution is 2.27. The van der Waals surface area contributed by atoms with Crippen molar-refractivity contribution in [3.05, 3.63) is 17.5 Å². The number of thiophene rings is 1. The lowest BCUT2D eigenvalue weighted by Gasteiger charge is -2.31. The van der Waals surface area contributed by atoms with Gasteiger partial charge in [0.25, 0.3) is 10.0 Å². The predicted octanol–water partition coefficient (Wildman–Crippen LogP) is 2.31. The summed E-state index contributed by atoms with van der Waals surface area (Å²) in [6, 6.07) is 3.61. The van der Waals surface area contributed by atoms with Crippen molar-refractivity contribution in [1.82, 2.24) is 4.31 Å². The molecule has 15 heavy (non-hydrogen) atoms. The molecule has 1 atom stereocenters. The van der Waals surface area contributed by atoms with Crippen LogP contribution in [0.2, 0.25) is 0 Å². The van der Waals surface area contributed by atoms with Gasteiger partial charge in [-0.3, -0.25) is 0 Å². The number of sulfonamides is 1. The second-order valence-electron chi connectivity index (χ2n) is 3.89. The Balaban J connectivity index is 2.29. The molecule has 1 saturated heterocycles. The number of hydrogen-bond acceptors (Lipinski definition) is 3. The predicted molar refractivity (Wildman–Crippen MR) is 61.5 cm³/mol. The van der Waals surface area contributed by atoms with E-state index in [4.69, 9.17) is 0 Å². The Morgan fingerprint density at radius 1 is 1.47 bits per heavy atom. The molecule has 1 aromatic heterocycles. The average Bonchev–Trinajstić information content (AvgIpc) is 2.71. The standard InChI is InChI=1S/C10H15NO2S2/c1-9-5-2-3-7-11(9)15(12,13)10-6-4-8-14-10/h4,6,8-9H,2-3,5,7H2,1H3/t9-/m1/s1. The molecule has 1 aliphatic heterocycles. The van der Waals surface area contributed by atoms with E-state index in [-0.39, 0.29) is 6.04 Å². The molecule has 2 heterocycles. The van der Waals surface area contributed by atoms with Crippen LogP contribution >= 0.6 is 11.3 Å². The third-order valence-corrected chi connectivity index (χ3v) is 6.19. The van der Waals surface area contributed by atoms with E-state index in [1.54, 1.807) is 16.4 Å². The summed E-state index contributed by atoms with van der Waals surface area (Å²) in [6.07, 6.45) is 3.09. The van der Waals surface area contributed by atoms with Gasteiger partial charge in [-0.25, -0.2) is 8.42 Å². The highest BCUT2D eigenvalue weighted by atomic mass is 32.2. The second kappa shape index (κ2) is 4.23. The van der Waals surface area contributed by atoms with Gasteiger partial charge in [0.2, 0.25) is 0 Å². The van der Waals surface area contributed by atoms with E-state index in [0.717, 1.165) is 19.3 Å². The van der Waals surface area contributed by atoms with Crippen molar-refractivity contribution in [2.45, 2.75) is 36.4 Å².